The highest BCUT2D eigenvalue weighted by atomic mass is 32.2. The van der Waals surface area contributed by atoms with Crippen molar-refractivity contribution in [2.75, 3.05) is 15.8 Å². The van der Waals surface area contributed by atoms with Crippen molar-refractivity contribution in [1.82, 2.24) is 0 Å². The summed E-state index contributed by atoms with van der Waals surface area (Å²) < 4.78 is 87.9. The van der Waals surface area contributed by atoms with Crippen LogP contribution in [0.2, 0.25) is 0 Å². The standard InChI is InChI=1S/C13H14F3NO7S2/c14-13(15,16)24-9-1-2-10(12(18)19)11(7-9)17(25(20)21)8-3-5-26(22,23)6-4-8/h1-2,7-8,25H,3-6H2,(H,18,19). The molecular formula is C13H14F3NO7S2. The summed E-state index contributed by atoms with van der Waals surface area (Å²) in [5.74, 6) is -2.96. The van der Waals surface area contributed by atoms with Crippen LogP contribution in [-0.4, -0.2) is 51.8 Å². The van der Waals surface area contributed by atoms with Crippen LogP contribution < -0.4 is 9.04 Å². The maximum atomic E-state index is 12.4. The monoisotopic (exact) mass is 417 g/mol. The third-order valence-electron chi connectivity index (χ3n) is 3.73. The first kappa shape index (κ1) is 20.3. The van der Waals surface area contributed by atoms with Crippen molar-refractivity contribution in [3.05, 3.63) is 23.8 Å². The van der Waals surface area contributed by atoms with Crippen molar-refractivity contribution in [3.8, 4) is 5.75 Å². The summed E-state index contributed by atoms with van der Waals surface area (Å²) in [6.45, 7) is 0. The summed E-state index contributed by atoms with van der Waals surface area (Å²) in [7, 11) is -6.77. The van der Waals surface area contributed by atoms with Crippen LogP contribution in [0, 0.1) is 0 Å². The third kappa shape index (κ3) is 5.00. The van der Waals surface area contributed by atoms with Gasteiger partial charge in [-0.2, -0.15) is 0 Å². The summed E-state index contributed by atoms with van der Waals surface area (Å²) in [6, 6.07) is 1.32. The Morgan fingerprint density at radius 2 is 1.81 bits per heavy atom. The third-order valence-corrected chi connectivity index (χ3v) is 6.34. The Balaban J connectivity index is 2.49. The fourth-order valence-electron chi connectivity index (χ4n) is 2.62. The van der Waals surface area contributed by atoms with Gasteiger partial charge in [0.2, 0.25) is 10.9 Å². The Kier molecular flexibility index (Phi) is 5.70. The summed E-state index contributed by atoms with van der Waals surface area (Å²) in [5, 5.41) is 9.22. The van der Waals surface area contributed by atoms with Gasteiger partial charge in [-0.15, -0.1) is 13.2 Å². The zero-order chi connectivity index (χ0) is 19.7. The molecule has 1 N–H and O–H groups in total. The predicted molar refractivity (Wildman–Crippen MR) is 84.6 cm³/mol. The highest BCUT2D eigenvalue weighted by Crippen LogP contribution is 2.33. The van der Waals surface area contributed by atoms with Crippen molar-refractivity contribution >= 4 is 32.4 Å². The molecule has 8 nitrogen and oxygen atoms in total. The van der Waals surface area contributed by atoms with Gasteiger partial charge in [-0.1, -0.05) is 0 Å². The molecule has 26 heavy (non-hydrogen) atoms. The molecule has 2 rings (SSSR count). The zero-order valence-electron chi connectivity index (χ0n) is 13.0. The van der Waals surface area contributed by atoms with Crippen LogP contribution in [0.15, 0.2) is 18.2 Å². The fourth-order valence-corrected chi connectivity index (χ4v) is 4.92. The van der Waals surface area contributed by atoms with Crippen molar-refractivity contribution in [2.45, 2.75) is 25.2 Å². The number of benzene rings is 1. The molecule has 0 spiro atoms. The lowest BCUT2D eigenvalue weighted by atomic mass is 10.1. The topological polar surface area (TPSA) is 118 Å². The Hall–Kier alpha value is -2.02. The number of alkyl halides is 3. The van der Waals surface area contributed by atoms with E-state index in [0.29, 0.717) is 10.4 Å². The van der Waals surface area contributed by atoms with E-state index in [4.69, 9.17) is 0 Å². The molecule has 0 amide bonds. The van der Waals surface area contributed by atoms with Crippen LogP contribution in [0.1, 0.15) is 23.2 Å². The number of nitrogens with zero attached hydrogens (tertiary/aromatic N) is 1. The lowest BCUT2D eigenvalue weighted by molar-refractivity contribution is -0.274. The predicted octanol–water partition coefficient (Wildman–Crippen LogP) is 1.19. The number of thiol groups is 1. The molecule has 13 heteroatoms. The second kappa shape index (κ2) is 7.31. The van der Waals surface area contributed by atoms with E-state index in [0.717, 1.165) is 12.1 Å². The number of aromatic carboxylic acids is 1. The van der Waals surface area contributed by atoms with Crippen LogP contribution in [-0.2, 0) is 20.7 Å². The highest BCUT2D eigenvalue weighted by Gasteiger charge is 2.34. The smallest absolute Gasteiger partial charge is 0.478 e. The van der Waals surface area contributed by atoms with Gasteiger partial charge in [-0.25, -0.2) is 21.6 Å². The normalized spacial score (nSPS) is 17.8. The molecule has 1 aromatic rings. The molecular weight excluding hydrogens is 403 g/mol. The summed E-state index contributed by atoms with van der Waals surface area (Å²) in [6.07, 6.45) is -5.25. The minimum Gasteiger partial charge on any atom is -0.478 e. The molecule has 0 saturated carbocycles. The minimum atomic E-state index is -5.05. The Bertz CT molecular complexity index is 858. The molecule has 0 bridgehead atoms. The Morgan fingerprint density at radius 1 is 1.23 bits per heavy atom. The van der Waals surface area contributed by atoms with Crippen molar-refractivity contribution in [3.63, 3.8) is 0 Å². The molecule has 0 radical (unpaired) electrons. The van der Waals surface area contributed by atoms with E-state index in [1.807, 2.05) is 0 Å². The van der Waals surface area contributed by atoms with Gasteiger partial charge in [0, 0.05) is 12.1 Å². The molecule has 1 aliphatic rings. The first-order valence-corrected chi connectivity index (χ1v) is 10.1. The molecule has 1 saturated heterocycles. The van der Waals surface area contributed by atoms with Gasteiger partial charge in [-0.05, 0) is 25.0 Å². The molecule has 0 aromatic heterocycles. The number of sulfone groups is 1. The van der Waals surface area contributed by atoms with Gasteiger partial charge in [0.1, 0.15) is 15.6 Å². The number of hydrogen-bond acceptors (Lipinski definition) is 6. The molecule has 1 heterocycles. The number of rotatable bonds is 5. The second-order valence-corrected chi connectivity index (χ2v) is 8.71. The number of hydrogen-bond donors (Lipinski definition) is 2. The molecule has 1 aromatic carbocycles. The van der Waals surface area contributed by atoms with Gasteiger partial charge in [0.25, 0.3) is 0 Å². The molecule has 0 unspecified atom stereocenters. The lowest BCUT2D eigenvalue weighted by Gasteiger charge is -2.32. The van der Waals surface area contributed by atoms with Crippen LogP contribution >= 0.6 is 0 Å². The molecule has 1 aliphatic heterocycles. The maximum Gasteiger partial charge on any atom is 0.573 e. The molecule has 146 valence electrons. The largest absolute Gasteiger partial charge is 0.573 e. The number of anilines is 1. The van der Waals surface area contributed by atoms with E-state index < -0.39 is 56.1 Å². The van der Waals surface area contributed by atoms with Gasteiger partial charge < -0.3 is 9.84 Å². The second-order valence-electron chi connectivity index (χ2n) is 5.50. The van der Waals surface area contributed by atoms with E-state index in [1.54, 1.807) is 0 Å². The first-order chi connectivity index (χ1) is 11.9. The zero-order valence-corrected chi connectivity index (χ0v) is 14.7. The van der Waals surface area contributed by atoms with E-state index in [9.17, 15) is 39.9 Å². The quantitative estimate of drug-likeness (QED) is 0.691. The number of carboxylic acids is 1. The number of halogens is 3. The van der Waals surface area contributed by atoms with Crippen LogP contribution in [0.25, 0.3) is 0 Å². The van der Waals surface area contributed by atoms with Gasteiger partial charge in [0.05, 0.1) is 22.8 Å². The molecule has 1 fully saturated rings. The Labute approximate surface area is 148 Å². The van der Waals surface area contributed by atoms with Crippen LogP contribution in [0.3, 0.4) is 0 Å². The molecule has 0 aliphatic carbocycles. The number of carbonyl (C=O) groups is 1. The van der Waals surface area contributed by atoms with Crippen LogP contribution in [0.5, 0.6) is 5.75 Å². The van der Waals surface area contributed by atoms with Gasteiger partial charge in [-0.3, -0.25) is 4.31 Å². The van der Waals surface area contributed by atoms with Gasteiger partial charge in [0.15, 0.2) is 0 Å². The number of ether oxygens (including phenoxy) is 1. The maximum absolute atomic E-state index is 12.4. The van der Waals surface area contributed by atoms with Crippen LogP contribution in [0.4, 0.5) is 18.9 Å². The van der Waals surface area contributed by atoms with E-state index in [1.165, 1.54) is 0 Å². The van der Waals surface area contributed by atoms with Gasteiger partial charge >= 0.3 is 12.3 Å². The van der Waals surface area contributed by atoms with Crippen molar-refractivity contribution in [1.29, 1.82) is 0 Å². The lowest BCUT2D eigenvalue weighted by Crippen LogP contribution is -2.41. The first-order valence-electron chi connectivity index (χ1n) is 7.17. The summed E-state index contributed by atoms with van der Waals surface area (Å²) >= 11 is 0. The Morgan fingerprint density at radius 3 is 2.27 bits per heavy atom. The van der Waals surface area contributed by atoms with E-state index in [-0.39, 0.29) is 24.3 Å². The molecule has 0 atom stereocenters. The van der Waals surface area contributed by atoms with Crippen molar-refractivity contribution in [2.24, 2.45) is 0 Å². The van der Waals surface area contributed by atoms with E-state index in [2.05, 4.69) is 4.74 Å². The average Bonchev–Trinajstić information content (AvgIpc) is 2.47. The average molecular weight is 417 g/mol. The summed E-state index contributed by atoms with van der Waals surface area (Å²) in [5.41, 5.74) is -1.06. The summed E-state index contributed by atoms with van der Waals surface area (Å²) in [4.78, 5) is 11.3. The van der Waals surface area contributed by atoms with E-state index >= 15 is 0 Å². The highest BCUT2D eigenvalue weighted by molar-refractivity contribution is 7.91. The fraction of sp³-hybridized carbons (Fsp3) is 0.462. The number of carboxylic acid groups (broad SMARTS) is 1. The van der Waals surface area contributed by atoms with Crippen molar-refractivity contribution < 1.29 is 44.6 Å². The SMILES string of the molecule is O=C(O)c1ccc(OC(F)(F)F)cc1N(C1CCS(=O)(=O)CC1)[SH](=O)=O. The minimum absolute atomic E-state index is 0.102.